The molecule has 0 radical (unpaired) electrons. The molecule has 20 heavy (non-hydrogen) atoms. The predicted molar refractivity (Wildman–Crippen MR) is 77.3 cm³/mol. The Morgan fingerprint density at radius 3 is 2.70 bits per heavy atom. The molecule has 0 saturated heterocycles. The van der Waals surface area contributed by atoms with Crippen LogP contribution in [0.25, 0.3) is 23.3 Å². The Labute approximate surface area is 115 Å². The van der Waals surface area contributed by atoms with Crippen molar-refractivity contribution >= 4 is 23.3 Å². The van der Waals surface area contributed by atoms with Crippen LogP contribution in [0.1, 0.15) is 11.1 Å². The van der Waals surface area contributed by atoms with Gasteiger partial charge in [0, 0.05) is 16.2 Å². The number of rotatable bonds is 1. The van der Waals surface area contributed by atoms with Crippen molar-refractivity contribution in [3.63, 3.8) is 0 Å². The molecule has 1 N–H and O–H groups in total. The second-order valence-electron chi connectivity index (χ2n) is 4.71. The molecular formula is C17H13FO2. The molecule has 100 valence electrons. The number of hydrogen-bond donors (Lipinski definition) is 1. The lowest BCUT2D eigenvalue weighted by Gasteiger charge is -2.02. The van der Waals surface area contributed by atoms with Gasteiger partial charge in [-0.3, -0.25) is 0 Å². The molecule has 1 aromatic heterocycles. The molecule has 0 aliphatic heterocycles. The summed E-state index contributed by atoms with van der Waals surface area (Å²) in [5, 5.41) is 11.5. The van der Waals surface area contributed by atoms with Crippen molar-refractivity contribution in [3.05, 3.63) is 70.0 Å². The van der Waals surface area contributed by atoms with Crippen LogP contribution in [0.5, 0.6) is 0 Å². The molecule has 2 nitrogen and oxygen atoms in total. The highest BCUT2D eigenvalue weighted by Crippen LogP contribution is 2.15. The fraction of sp³-hybridized carbons (Fsp3) is 0.0588. The van der Waals surface area contributed by atoms with Crippen molar-refractivity contribution in [2.45, 2.75) is 6.92 Å². The molecule has 3 rings (SSSR count). The zero-order chi connectivity index (χ0) is 14.3. The van der Waals surface area contributed by atoms with Gasteiger partial charge in [0.2, 0.25) is 0 Å². The van der Waals surface area contributed by atoms with Gasteiger partial charge in [-0.05, 0) is 30.7 Å². The van der Waals surface area contributed by atoms with E-state index in [1.807, 2.05) is 25.1 Å². The number of aryl methyl sites for hydroxylation is 1. The smallest absolute Gasteiger partial charge is 0.177 e. The van der Waals surface area contributed by atoms with Crippen LogP contribution in [0.3, 0.4) is 0 Å². The quantitative estimate of drug-likeness (QED) is 0.736. The van der Waals surface area contributed by atoms with E-state index in [4.69, 9.17) is 4.42 Å². The van der Waals surface area contributed by atoms with Gasteiger partial charge >= 0.3 is 0 Å². The molecule has 2 aromatic carbocycles. The van der Waals surface area contributed by atoms with Crippen molar-refractivity contribution in [2.24, 2.45) is 0 Å². The predicted octanol–water partition coefficient (Wildman–Crippen LogP) is 3.01. The molecule has 0 atom stereocenters. The lowest BCUT2D eigenvalue weighted by atomic mass is 10.1. The van der Waals surface area contributed by atoms with E-state index >= 15 is 0 Å². The highest BCUT2D eigenvalue weighted by Gasteiger charge is 2.10. The maximum Gasteiger partial charge on any atom is 0.177 e. The van der Waals surface area contributed by atoms with Crippen LogP contribution in [0.4, 0.5) is 4.39 Å². The van der Waals surface area contributed by atoms with E-state index in [2.05, 4.69) is 6.58 Å². The Kier molecular flexibility index (Phi) is 2.83. The van der Waals surface area contributed by atoms with Crippen LogP contribution in [0, 0.1) is 12.7 Å². The lowest BCUT2D eigenvalue weighted by Crippen LogP contribution is -2.22. The Bertz CT molecular complexity index is 906. The van der Waals surface area contributed by atoms with Crippen molar-refractivity contribution in [2.75, 3.05) is 0 Å². The maximum absolute atomic E-state index is 13.3. The Hall–Kier alpha value is -2.55. The first-order chi connectivity index (χ1) is 9.58. The Balaban J connectivity index is 2.39. The van der Waals surface area contributed by atoms with Crippen LogP contribution < -0.4 is 10.6 Å². The minimum atomic E-state index is -0.356. The van der Waals surface area contributed by atoms with Crippen molar-refractivity contribution in [1.29, 1.82) is 0 Å². The number of benzene rings is 2. The van der Waals surface area contributed by atoms with E-state index in [0.29, 0.717) is 21.8 Å². The maximum atomic E-state index is 13.3. The molecule has 0 aliphatic carbocycles. The molecule has 3 heteroatoms. The minimum absolute atomic E-state index is 0.0182. The van der Waals surface area contributed by atoms with Crippen molar-refractivity contribution in [3.8, 4) is 0 Å². The average Bonchev–Trinajstić information content (AvgIpc) is 2.76. The molecule has 0 bridgehead atoms. The highest BCUT2D eigenvalue weighted by atomic mass is 19.1. The number of fused-ring (bicyclic) bond motifs is 1. The van der Waals surface area contributed by atoms with Crippen molar-refractivity contribution < 1.29 is 13.9 Å². The third-order valence-electron chi connectivity index (χ3n) is 3.37. The summed E-state index contributed by atoms with van der Waals surface area (Å²) in [6.45, 7) is 5.78. The van der Waals surface area contributed by atoms with E-state index < -0.39 is 0 Å². The van der Waals surface area contributed by atoms with E-state index in [1.54, 1.807) is 6.07 Å². The van der Waals surface area contributed by atoms with Gasteiger partial charge in [-0.1, -0.05) is 30.8 Å². The van der Waals surface area contributed by atoms with Gasteiger partial charge in [0.1, 0.15) is 11.4 Å². The second kappa shape index (κ2) is 4.53. The molecule has 3 aromatic rings. The Morgan fingerprint density at radius 1 is 1.20 bits per heavy atom. The summed E-state index contributed by atoms with van der Waals surface area (Å²) in [6, 6.07) is 11.6. The van der Waals surface area contributed by atoms with E-state index in [9.17, 15) is 9.50 Å². The van der Waals surface area contributed by atoms with Gasteiger partial charge in [-0.2, -0.15) is 0 Å². The summed E-state index contributed by atoms with van der Waals surface area (Å²) < 4.78 is 18.9. The first-order valence-electron chi connectivity index (χ1n) is 6.24. The molecular weight excluding hydrogens is 255 g/mol. The summed E-state index contributed by atoms with van der Waals surface area (Å²) in [5.74, 6) is -0.338. The third kappa shape index (κ3) is 1.88. The SMILES string of the molecule is C=c1/c(=C(/O)c2ccccc2C)oc2ccc(F)cc12. The van der Waals surface area contributed by atoms with Crippen molar-refractivity contribution in [1.82, 2.24) is 0 Å². The van der Waals surface area contributed by atoms with E-state index in [-0.39, 0.29) is 17.0 Å². The minimum Gasteiger partial charge on any atom is -0.504 e. The average molecular weight is 268 g/mol. The van der Waals surface area contributed by atoms with Crippen LogP contribution >= 0.6 is 0 Å². The molecule has 0 fully saturated rings. The van der Waals surface area contributed by atoms with Crippen LogP contribution in [0.2, 0.25) is 0 Å². The Morgan fingerprint density at radius 2 is 1.95 bits per heavy atom. The summed E-state index contributed by atoms with van der Waals surface area (Å²) >= 11 is 0. The summed E-state index contributed by atoms with van der Waals surface area (Å²) in [6.07, 6.45) is 0. The monoisotopic (exact) mass is 268 g/mol. The van der Waals surface area contributed by atoms with Crippen LogP contribution in [-0.4, -0.2) is 5.11 Å². The van der Waals surface area contributed by atoms with Gasteiger partial charge < -0.3 is 9.52 Å². The largest absolute Gasteiger partial charge is 0.504 e. The van der Waals surface area contributed by atoms with Gasteiger partial charge in [0.05, 0.1) is 0 Å². The van der Waals surface area contributed by atoms with Gasteiger partial charge in [-0.25, -0.2) is 4.39 Å². The van der Waals surface area contributed by atoms with E-state index in [0.717, 1.165) is 5.56 Å². The summed E-state index contributed by atoms with van der Waals surface area (Å²) in [7, 11) is 0. The third-order valence-corrected chi connectivity index (χ3v) is 3.37. The second-order valence-corrected chi connectivity index (χ2v) is 4.71. The molecule has 0 spiro atoms. The van der Waals surface area contributed by atoms with Crippen LogP contribution in [-0.2, 0) is 0 Å². The first kappa shape index (κ1) is 12.5. The first-order valence-corrected chi connectivity index (χ1v) is 6.24. The summed E-state index contributed by atoms with van der Waals surface area (Å²) in [4.78, 5) is 0. The molecule has 0 unspecified atom stereocenters. The number of hydrogen-bond acceptors (Lipinski definition) is 2. The zero-order valence-corrected chi connectivity index (χ0v) is 11.0. The molecule has 0 aliphatic rings. The van der Waals surface area contributed by atoms with Gasteiger partial charge in [0.25, 0.3) is 0 Å². The van der Waals surface area contributed by atoms with Gasteiger partial charge in [-0.15, -0.1) is 0 Å². The number of aliphatic hydroxyl groups is 1. The number of furan rings is 1. The topological polar surface area (TPSA) is 33.4 Å². The zero-order valence-electron chi connectivity index (χ0n) is 11.0. The highest BCUT2D eigenvalue weighted by molar-refractivity contribution is 5.79. The fourth-order valence-corrected chi connectivity index (χ4v) is 2.27. The number of aliphatic hydroxyl groups excluding tert-OH is 1. The normalized spacial score (nSPS) is 12.7. The fourth-order valence-electron chi connectivity index (χ4n) is 2.27. The summed E-state index contributed by atoms with van der Waals surface area (Å²) in [5.41, 5.74) is 2.39. The van der Waals surface area contributed by atoms with Crippen LogP contribution in [0.15, 0.2) is 46.9 Å². The molecule has 1 heterocycles. The van der Waals surface area contributed by atoms with Gasteiger partial charge in [0.15, 0.2) is 11.2 Å². The molecule has 0 saturated carbocycles. The molecule has 0 amide bonds. The van der Waals surface area contributed by atoms with E-state index in [1.165, 1.54) is 18.2 Å². The lowest BCUT2D eigenvalue weighted by molar-refractivity contribution is 0.471. The standard InChI is InChI=1S/C17H13FO2/c1-10-5-3-4-6-13(10)16(19)17-11(2)14-9-12(18)7-8-15(14)20-17/h3-9,19H,2H2,1H3/b17-16-. The number of halogens is 1.